The van der Waals surface area contributed by atoms with Crippen molar-refractivity contribution in [3.8, 4) is 22.3 Å². The van der Waals surface area contributed by atoms with E-state index in [1.165, 1.54) is 44.5 Å². The van der Waals surface area contributed by atoms with E-state index in [2.05, 4.69) is 126 Å². The van der Waals surface area contributed by atoms with E-state index >= 15 is 0 Å². The molecule has 6 atom stereocenters. The molecule has 0 aromatic heterocycles. The van der Waals surface area contributed by atoms with Crippen LogP contribution >= 0.6 is 0 Å². The zero-order valence-electron chi connectivity index (χ0n) is 24.5. The van der Waals surface area contributed by atoms with Crippen LogP contribution in [0.1, 0.15) is 74.3 Å². The van der Waals surface area contributed by atoms with Crippen LogP contribution in [0, 0.1) is 18.8 Å². The quantitative estimate of drug-likeness (QED) is 0.303. The van der Waals surface area contributed by atoms with Crippen molar-refractivity contribution in [3.05, 3.63) is 88.6 Å². The summed E-state index contributed by atoms with van der Waals surface area (Å²) in [6.07, 6.45) is 3.53. The molecule has 4 bridgehead atoms. The third-order valence-electron chi connectivity index (χ3n) is 10.6. The Morgan fingerprint density at radius 2 is 1.39 bits per heavy atom. The number of nitrogens with zero attached hydrogens (tertiary/aromatic N) is 2. The standard InChI is InChI=1S/C36H44N2/c1-21-19-37(7)26(6)23(3)35-25(5)34-18-33-32(30-16-12-10-14-28(30)22(2)20-38(34)8)17-31(24(4)36(33)35)29-15-11-9-13-27(21)29/h9-17,19,22-23,25-26,34-35H,18,20H2,1-8H3/b21-19+. The van der Waals surface area contributed by atoms with Gasteiger partial charge in [0.2, 0.25) is 0 Å². The van der Waals surface area contributed by atoms with Gasteiger partial charge >= 0.3 is 0 Å². The van der Waals surface area contributed by atoms with Crippen molar-refractivity contribution in [2.24, 2.45) is 11.8 Å². The molecule has 3 aromatic carbocycles. The molecule has 38 heavy (non-hydrogen) atoms. The fourth-order valence-electron chi connectivity index (χ4n) is 8.31. The summed E-state index contributed by atoms with van der Waals surface area (Å²) >= 11 is 0. The molecule has 2 aliphatic heterocycles. The van der Waals surface area contributed by atoms with Crippen molar-refractivity contribution in [1.29, 1.82) is 0 Å². The minimum atomic E-state index is 0.433. The number of likely N-dealkylation sites (N-methyl/N-ethyl adjacent to an activating group) is 1. The smallest absolute Gasteiger partial charge is 0.0284 e. The summed E-state index contributed by atoms with van der Waals surface area (Å²) in [5, 5.41) is 0. The predicted molar refractivity (Wildman–Crippen MR) is 163 cm³/mol. The average molecular weight is 505 g/mol. The van der Waals surface area contributed by atoms with Crippen molar-refractivity contribution in [2.75, 3.05) is 20.6 Å². The molecule has 2 heteroatoms. The second-order valence-corrected chi connectivity index (χ2v) is 12.7. The van der Waals surface area contributed by atoms with Crippen LogP contribution in [0.3, 0.4) is 0 Å². The molecule has 6 unspecified atom stereocenters. The van der Waals surface area contributed by atoms with Gasteiger partial charge in [-0.2, -0.15) is 0 Å². The third-order valence-corrected chi connectivity index (χ3v) is 10.6. The van der Waals surface area contributed by atoms with E-state index in [1.54, 1.807) is 11.1 Å². The summed E-state index contributed by atoms with van der Waals surface area (Å²) in [6, 6.07) is 21.9. The van der Waals surface area contributed by atoms with E-state index in [-0.39, 0.29) is 0 Å². The Hall–Kier alpha value is -2.84. The van der Waals surface area contributed by atoms with Gasteiger partial charge in [-0.1, -0.05) is 69.3 Å². The maximum absolute atomic E-state index is 2.69. The molecule has 3 aliphatic rings. The first kappa shape index (κ1) is 25.4. The number of fused-ring (bicyclic) bond motifs is 6. The summed E-state index contributed by atoms with van der Waals surface area (Å²) in [7, 11) is 4.66. The molecule has 0 fully saturated rings. The van der Waals surface area contributed by atoms with Crippen molar-refractivity contribution in [3.63, 3.8) is 0 Å². The monoisotopic (exact) mass is 504 g/mol. The minimum absolute atomic E-state index is 0.433. The molecule has 2 nitrogen and oxygen atoms in total. The zero-order chi connectivity index (χ0) is 26.9. The molecule has 0 spiro atoms. The number of hydrogen-bond acceptors (Lipinski definition) is 2. The highest BCUT2D eigenvalue weighted by Crippen LogP contribution is 2.52. The van der Waals surface area contributed by atoms with Gasteiger partial charge < -0.3 is 9.80 Å². The number of allylic oxidation sites excluding steroid dienone is 1. The first-order chi connectivity index (χ1) is 18.2. The van der Waals surface area contributed by atoms with Crippen LogP contribution in [-0.4, -0.2) is 42.5 Å². The Labute approximate surface area is 230 Å². The second kappa shape index (κ2) is 9.42. The molecular formula is C36H44N2. The Morgan fingerprint density at radius 1 is 0.737 bits per heavy atom. The largest absolute Gasteiger partial charge is 0.377 e. The fourth-order valence-corrected chi connectivity index (χ4v) is 8.31. The van der Waals surface area contributed by atoms with Gasteiger partial charge in [-0.15, -0.1) is 0 Å². The van der Waals surface area contributed by atoms with Gasteiger partial charge in [0.1, 0.15) is 0 Å². The van der Waals surface area contributed by atoms with Gasteiger partial charge in [-0.3, -0.25) is 0 Å². The predicted octanol–water partition coefficient (Wildman–Crippen LogP) is 8.35. The molecule has 0 N–H and O–H groups in total. The lowest BCUT2D eigenvalue weighted by Gasteiger charge is -2.48. The Morgan fingerprint density at radius 3 is 2.13 bits per heavy atom. The van der Waals surface area contributed by atoms with Gasteiger partial charge in [0, 0.05) is 31.9 Å². The van der Waals surface area contributed by atoms with Crippen LogP contribution in [0.5, 0.6) is 0 Å². The first-order valence-corrected chi connectivity index (χ1v) is 14.6. The van der Waals surface area contributed by atoms with Crippen LogP contribution < -0.4 is 0 Å². The van der Waals surface area contributed by atoms with Crippen LogP contribution in [0.2, 0.25) is 0 Å². The number of rotatable bonds is 0. The Balaban J connectivity index is 1.78. The molecule has 6 rings (SSSR count). The van der Waals surface area contributed by atoms with Crippen LogP contribution in [0.25, 0.3) is 27.8 Å². The maximum atomic E-state index is 2.69. The summed E-state index contributed by atoms with van der Waals surface area (Å²) in [5.41, 5.74) is 14.6. The van der Waals surface area contributed by atoms with E-state index < -0.39 is 0 Å². The number of hydrogen-bond donors (Lipinski definition) is 0. The molecule has 198 valence electrons. The topological polar surface area (TPSA) is 6.48 Å². The van der Waals surface area contributed by atoms with Crippen LogP contribution in [-0.2, 0) is 6.42 Å². The van der Waals surface area contributed by atoms with Crippen molar-refractivity contribution in [2.45, 2.75) is 71.9 Å². The van der Waals surface area contributed by atoms with Gasteiger partial charge in [0.05, 0.1) is 0 Å². The van der Waals surface area contributed by atoms with E-state index in [9.17, 15) is 0 Å². The summed E-state index contributed by atoms with van der Waals surface area (Å²) in [6.45, 7) is 15.7. The maximum Gasteiger partial charge on any atom is 0.0284 e. The van der Waals surface area contributed by atoms with E-state index in [1.807, 2.05) is 0 Å². The van der Waals surface area contributed by atoms with E-state index in [0.717, 1.165) is 13.0 Å². The van der Waals surface area contributed by atoms with Crippen molar-refractivity contribution < 1.29 is 0 Å². The molecule has 1 aliphatic carbocycles. The molecule has 0 saturated heterocycles. The Bertz CT molecular complexity index is 1410. The lowest BCUT2D eigenvalue weighted by Crippen LogP contribution is -2.48. The number of benzene rings is 3. The fraction of sp³-hybridized carbons (Fsp3) is 0.444. The van der Waals surface area contributed by atoms with Crippen LogP contribution in [0.15, 0.2) is 60.8 Å². The van der Waals surface area contributed by atoms with Crippen molar-refractivity contribution >= 4 is 5.57 Å². The van der Waals surface area contributed by atoms with E-state index in [0.29, 0.717) is 35.8 Å². The van der Waals surface area contributed by atoms with Gasteiger partial charge in [0.25, 0.3) is 0 Å². The average Bonchev–Trinajstić information content (AvgIpc) is 2.94. The lowest BCUT2D eigenvalue weighted by molar-refractivity contribution is 0.110. The van der Waals surface area contributed by atoms with Gasteiger partial charge in [-0.05, 0) is 120 Å². The second-order valence-electron chi connectivity index (χ2n) is 12.7. The van der Waals surface area contributed by atoms with Gasteiger partial charge in [0.15, 0.2) is 0 Å². The highest BCUT2D eigenvalue weighted by molar-refractivity contribution is 5.87. The lowest BCUT2D eigenvalue weighted by atomic mass is 9.63. The summed E-state index contributed by atoms with van der Waals surface area (Å²) in [5.74, 6) is 2.09. The normalized spacial score (nSPS) is 30.2. The SMILES string of the molecule is C/C1=C\N(C)C(C)C(C)C2c3c(C)c(cc4c3CC(C2C)N(C)CC(C)c2ccccc2-4)-c2ccccc21. The summed E-state index contributed by atoms with van der Waals surface area (Å²) in [4.78, 5) is 5.18. The molecule has 2 heterocycles. The molecular weight excluding hydrogens is 460 g/mol. The highest BCUT2D eigenvalue weighted by Gasteiger charge is 2.44. The highest BCUT2D eigenvalue weighted by atomic mass is 15.1. The van der Waals surface area contributed by atoms with Gasteiger partial charge in [-0.25, -0.2) is 0 Å². The molecule has 0 saturated carbocycles. The molecule has 0 radical (unpaired) electrons. The first-order valence-electron chi connectivity index (χ1n) is 14.6. The molecule has 3 aromatic rings. The van der Waals surface area contributed by atoms with Crippen LogP contribution in [0.4, 0.5) is 0 Å². The van der Waals surface area contributed by atoms with Crippen molar-refractivity contribution in [1.82, 2.24) is 9.80 Å². The summed E-state index contributed by atoms with van der Waals surface area (Å²) < 4.78 is 0. The zero-order valence-corrected chi connectivity index (χ0v) is 24.5. The third kappa shape index (κ3) is 3.79. The molecule has 0 amide bonds. The minimum Gasteiger partial charge on any atom is -0.377 e. The van der Waals surface area contributed by atoms with E-state index in [4.69, 9.17) is 0 Å². The Kier molecular flexibility index (Phi) is 6.30.